The molecule has 6 nitrogen and oxygen atoms in total. The number of anilines is 1. The minimum atomic E-state index is -0.586. The van der Waals surface area contributed by atoms with Crippen LogP contribution in [0.25, 0.3) is 6.08 Å². The minimum Gasteiger partial charge on any atom is -0.317 e. The van der Waals surface area contributed by atoms with Gasteiger partial charge in [-0.15, -0.1) is 0 Å². The van der Waals surface area contributed by atoms with Gasteiger partial charge in [-0.2, -0.15) is 0 Å². The van der Waals surface area contributed by atoms with Crippen LogP contribution in [0, 0.1) is 10.1 Å². The summed E-state index contributed by atoms with van der Waals surface area (Å²) in [5.74, 6) is -0.441. The zero-order chi connectivity index (χ0) is 17.7. The molecule has 0 radical (unpaired) electrons. The SMILES string of the molecule is CC(C)(C)c1ccc(/C=C/C(=O)Nc2ccncc2[N+](=O)[O-])cc1. The maximum atomic E-state index is 11.9. The molecule has 1 N–H and O–H groups in total. The highest BCUT2D eigenvalue weighted by molar-refractivity contribution is 6.03. The summed E-state index contributed by atoms with van der Waals surface area (Å²) < 4.78 is 0. The quantitative estimate of drug-likeness (QED) is 0.524. The lowest BCUT2D eigenvalue weighted by Crippen LogP contribution is -2.10. The van der Waals surface area contributed by atoms with Crippen molar-refractivity contribution in [1.29, 1.82) is 0 Å². The predicted molar refractivity (Wildman–Crippen MR) is 93.7 cm³/mol. The first kappa shape index (κ1) is 17.3. The molecule has 1 aromatic heterocycles. The standard InChI is InChI=1S/C18H19N3O3/c1-18(2,3)14-7-4-13(5-8-14)6-9-17(22)20-15-10-11-19-12-16(15)21(23)24/h4-12H,1-3H3,(H,19,20,22)/b9-6+. The van der Waals surface area contributed by atoms with Crippen LogP contribution in [0.4, 0.5) is 11.4 Å². The van der Waals surface area contributed by atoms with E-state index in [9.17, 15) is 14.9 Å². The molecule has 2 rings (SSSR count). The van der Waals surface area contributed by atoms with Crippen LogP contribution >= 0.6 is 0 Å². The van der Waals surface area contributed by atoms with Crippen molar-refractivity contribution in [3.05, 3.63) is 70.0 Å². The highest BCUT2D eigenvalue weighted by Gasteiger charge is 2.14. The van der Waals surface area contributed by atoms with E-state index in [-0.39, 0.29) is 16.8 Å². The van der Waals surface area contributed by atoms with Gasteiger partial charge >= 0.3 is 5.69 Å². The molecule has 0 aliphatic heterocycles. The number of pyridine rings is 1. The summed E-state index contributed by atoms with van der Waals surface area (Å²) in [6, 6.07) is 9.29. The van der Waals surface area contributed by atoms with Crippen molar-refractivity contribution in [3.8, 4) is 0 Å². The van der Waals surface area contributed by atoms with Crippen LogP contribution in [0.5, 0.6) is 0 Å². The summed E-state index contributed by atoms with van der Waals surface area (Å²) in [4.78, 5) is 25.9. The summed E-state index contributed by atoms with van der Waals surface area (Å²) in [6.45, 7) is 6.40. The molecule has 24 heavy (non-hydrogen) atoms. The van der Waals surface area contributed by atoms with Crippen LogP contribution < -0.4 is 5.32 Å². The Morgan fingerprint density at radius 2 is 1.88 bits per heavy atom. The van der Waals surface area contributed by atoms with E-state index in [2.05, 4.69) is 31.1 Å². The Bertz CT molecular complexity index is 775. The van der Waals surface area contributed by atoms with Crippen LogP contribution in [0.2, 0.25) is 0 Å². The average Bonchev–Trinajstić information content (AvgIpc) is 2.53. The molecule has 0 bridgehead atoms. The molecule has 0 saturated carbocycles. The second-order valence-electron chi connectivity index (χ2n) is 6.34. The third-order valence-electron chi connectivity index (χ3n) is 3.46. The predicted octanol–water partition coefficient (Wildman–Crippen LogP) is 3.94. The van der Waals surface area contributed by atoms with Crippen molar-refractivity contribution in [2.45, 2.75) is 26.2 Å². The number of aromatic nitrogens is 1. The first-order valence-electron chi connectivity index (χ1n) is 7.45. The second-order valence-corrected chi connectivity index (χ2v) is 6.34. The van der Waals surface area contributed by atoms with E-state index < -0.39 is 10.8 Å². The Balaban J connectivity index is 2.07. The first-order valence-corrected chi connectivity index (χ1v) is 7.45. The summed E-state index contributed by atoms with van der Waals surface area (Å²) in [7, 11) is 0. The van der Waals surface area contributed by atoms with Gasteiger partial charge in [0.2, 0.25) is 5.91 Å². The van der Waals surface area contributed by atoms with Crippen molar-refractivity contribution in [2.75, 3.05) is 5.32 Å². The van der Waals surface area contributed by atoms with Crippen molar-refractivity contribution in [2.24, 2.45) is 0 Å². The third kappa shape index (κ3) is 4.49. The summed E-state index contributed by atoms with van der Waals surface area (Å²) in [6.07, 6.45) is 5.49. The topological polar surface area (TPSA) is 85.1 Å². The maximum Gasteiger partial charge on any atom is 0.310 e. The lowest BCUT2D eigenvalue weighted by molar-refractivity contribution is -0.384. The van der Waals surface area contributed by atoms with E-state index in [1.165, 1.54) is 23.9 Å². The van der Waals surface area contributed by atoms with E-state index in [1.54, 1.807) is 6.08 Å². The Labute approximate surface area is 140 Å². The van der Waals surface area contributed by atoms with Gasteiger partial charge in [0.15, 0.2) is 0 Å². The van der Waals surface area contributed by atoms with Gasteiger partial charge < -0.3 is 5.32 Å². The molecule has 2 aromatic rings. The third-order valence-corrected chi connectivity index (χ3v) is 3.46. The fourth-order valence-corrected chi connectivity index (χ4v) is 2.08. The minimum absolute atomic E-state index is 0.0693. The molecule has 0 saturated heterocycles. The monoisotopic (exact) mass is 325 g/mol. The van der Waals surface area contributed by atoms with Gasteiger partial charge in [-0.1, -0.05) is 45.0 Å². The Morgan fingerprint density at radius 1 is 1.21 bits per heavy atom. The number of hydrogen-bond acceptors (Lipinski definition) is 4. The Kier molecular flexibility index (Phi) is 5.08. The van der Waals surface area contributed by atoms with Crippen LogP contribution in [0.3, 0.4) is 0 Å². The molecule has 6 heteroatoms. The molecule has 1 heterocycles. The fourth-order valence-electron chi connectivity index (χ4n) is 2.08. The normalized spacial score (nSPS) is 11.5. The van der Waals surface area contributed by atoms with Crippen molar-refractivity contribution < 1.29 is 9.72 Å². The van der Waals surface area contributed by atoms with Gasteiger partial charge in [0.1, 0.15) is 11.9 Å². The lowest BCUT2D eigenvalue weighted by Gasteiger charge is -2.18. The average molecular weight is 325 g/mol. The smallest absolute Gasteiger partial charge is 0.310 e. The number of benzene rings is 1. The van der Waals surface area contributed by atoms with Crippen molar-refractivity contribution in [1.82, 2.24) is 4.98 Å². The van der Waals surface area contributed by atoms with Crippen LogP contribution in [-0.4, -0.2) is 15.8 Å². The summed E-state index contributed by atoms with van der Waals surface area (Å²) >= 11 is 0. The molecule has 0 spiro atoms. The summed E-state index contributed by atoms with van der Waals surface area (Å²) in [5.41, 5.74) is 2.03. The van der Waals surface area contributed by atoms with Gasteiger partial charge in [0, 0.05) is 12.3 Å². The van der Waals surface area contributed by atoms with Crippen LogP contribution in [0.15, 0.2) is 48.8 Å². The lowest BCUT2D eigenvalue weighted by atomic mass is 9.87. The molecule has 0 unspecified atom stereocenters. The van der Waals surface area contributed by atoms with E-state index in [4.69, 9.17) is 0 Å². The number of nitrogens with zero attached hydrogens (tertiary/aromatic N) is 2. The zero-order valence-corrected chi connectivity index (χ0v) is 13.8. The molecule has 1 aromatic carbocycles. The maximum absolute atomic E-state index is 11.9. The summed E-state index contributed by atoms with van der Waals surface area (Å²) in [5, 5.41) is 13.4. The van der Waals surface area contributed by atoms with Crippen molar-refractivity contribution >= 4 is 23.4 Å². The molecular formula is C18H19N3O3. The van der Waals surface area contributed by atoms with E-state index in [1.807, 2.05) is 24.3 Å². The van der Waals surface area contributed by atoms with Crippen LogP contribution in [-0.2, 0) is 10.2 Å². The number of carbonyl (C=O) groups is 1. The van der Waals surface area contributed by atoms with E-state index in [0.29, 0.717) is 0 Å². The first-order chi connectivity index (χ1) is 11.3. The van der Waals surface area contributed by atoms with Gasteiger partial charge in [0.05, 0.1) is 4.92 Å². The van der Waals surface area contributed by atoms with Gasteiger partial charge in [-0.3, -0.25) is 19.9 Å². The number of amides is 1. The van der Waals surface area contributed by atoms with Crippen molar-refractivity contribution in [3.63, 3.8) is 0 Å². The van der Waals surface area contributed by atoms with Gasteiger partial charge in [-0.25, -0.2) is 0 Å². The number of hydrogen-bond donors (Lipinski definition) is 1. The number of nitrogens with one attached hydrogen (secondary N) is 1. The zero-order valence-electron chi connectivity index (χ0n) is 13.8. The number of rotatable bonds is 4. The van der Waals surface area contributed by atoms with E-state index in [0.717, 1.165) is 11.8 Å². The molecule has 1 amide bonds. The Morgan fingerprint density at radius 3 is 2.46 bits per heavy atom. The largest absolute Gasteiger partial charge is 0.317 e. The van der Waals surface area contributed by atoms with Gasteiger partial charge in [-0.05, 0) is 28.7 Å². The molecule has 0 aliphatic rings. The fraction of sp³-hybridized carbons (Fsp3) is 0.222. The van der Waals surface area contributed by atoms with Crippen LogP contribution in [0.1, 0.15) is 31.9 Å². The molecule has 124 valence electrons. The molecule has 0 atom stereocenters. The van der Waals surface area contributed by atoms with E-state index >= 15 is 0 Å². The highest BCUT2D eigenvalue weighted by Crippen LogP contribution is 2.23. The highest BCUT2D eigenvalue weighted by atomic mass is 16.6. The number of carbonyl (C=O) groups excluding carboxylic acids is 1. The molecule has 0 fully saturated rings. The molecule has 0 aliphatic carbocycles. The second kappa shape index (κ2) is 7.04. The molecular weight excluding hydrogens is 306 g/mol. The number of nitro groups is 1. The van der Waals surface area contributed by atoms with Gasteiger partial charge in [0.25, 0.3) is 0 Å². The Hall–Kier alpha value is -3.02.